The molecular weight excluding hydrogens is 352 g/mol. The lowest BCUT2D eigenvalue weighted by Gasteiger charge is -2.33. The number of amides is 2. The lowest BCUT2D eigenvalue weighted by molar-refractivity contribution is -0.138. The SMILES string of the molecule is Nc1ncc(C(=O)N2CC[C@@]34OC[C@@H](c5ccccc5)N3C(=O)C[C@@H]24)s1. The minimum Gasteiger partial charge on any atom is -0.375 e. The van der Waals surface area contributed by atoms with Gasteiger partial charge in [0.25, 0.3) is 5.91 Å². The average molecular weight is 370 g/mol. The molecule has 0 aliphatic carbocycles. The lowest BCUT2D eigenvalue weighted by atomic mass is 10.0. The fraction of sp³-hybridized carbons (Fsp3) is 0.389. The molecule has 1 aromatic carbocycles. The second-order valence-electron chi connectivity index (χ2n) is 6.88. The van der Waals surface area contributed by atoms with E-state index in [2.05, 4.69) is 4.98 Å². The highest BCUT2D eigenvalue weighted by Gasteiger charge is 2.65. The van der Waals surface area contributed by atoms with Gasteiger partial charge in [-0.15, -0.1) is 0 Å². The summed E-state index contributed by atoms with van der Waals surface area (Å²) in [5.74, 6) is -0.0786. The predicted molar refractivity (Wildman–Crippen MR) is 95.3 cm³/mol. The van der Waals surface area contributed by atoms with Gasteiger partial charge in [0.2, 0.25) is 5.91 Å². The Balaban J connectivity index is 1.47. The number of carbonyl (C=O) groups excluding carboxylic acids is 2. The summed E-state index contributed by atoms with van der Waals surface area (Å²) in [7, 11) is 0. The van der Waals surface area contributed by atoms with Crippen LogP contribution in [0.5, 0.6) is 0 Å². The number of nitrogen functional groups attached to an aromatic ring is 1. The summed E-state index contributed by atoms with van der Waals surface area (Å²) in [5.41, 5.74) is 6.02. The molecule has 3 aliphatic heterocycles. The van der Waals surface area contributed by atoms with Crippen LogP contribution in [0.15, 0.2) is 36.5 Å². The second-order valence-corrected chi connectivity index (χ2v) is 7.94. The van der Waals surface area contributed by atoms with Gasteiger partial charge in [0.05, 0.1) is 31.3 Å². The predicted octanol–water partition coefficient (Wildman–Crippen LogP) is 1.64. The third-order valence-electron chi connectivity index (χ3n) is 5.63. The Morgan fingerprint density at radius 1 is 1.35 bits per heavy atom. The molecule has 0 unspecified atom stereocenters. The monoisotopic (exact) mass is 370 g/mol. The topological polar surface area (TPSA) is 88.8 Å². The Bertz CT molecular complexity index is 886. The number of thiazole rings is 1. The van der Waals surface area contributed by atoms with Crippen LogP contribution in [0.4, 0.5) is 5.13 Å². The summed E-state index contributed by atoms with van der Waals surface area (Å²) >= 11 is 1.17. The molecule has 0 radical (unpaired) electrons. The van der Waals surface area contributed by atoms with Crippen molar-refractivity contribution in [1.82, 2.24) is 14.8 Å². The molecule has 3 saturated heterocycles. The molecule has 3 aliphatic rings. The van der Waals surface area contributed by atoms with E-state index in [-0.39, 0.29) is 23.9 Å². The molecule has 26 heavy (non-hydrogen) atoms. The van der Waals surface area contributed by atoms with E-state index in [0.717, 1.165) is 5.56 Å². The maximum atomic E-state index is 12.9. The average Bonchev–Trinajstić information content (AvgIpc) is 3.38. The molecule has 1 aromatic heterocycles. The maximum absolute atomic E-state index is 12.9. The van der Waals surface area contributed by atoms with Crippen LogP contribution in [0, 0.1) is 0 Å². The van der Waals surface area contributed by atoms with E-state index in [9.17, 15) is 9.59 Å². The Hall–Kier alpha value is -2.45. The second kappa shape index (κ2) is 5.52. The molecule has 7 nitrogen and oxygen atoms in total. The lowest BCUT2D eigenvalue weighted by Crippen LogP contribution is -2.49. The molecule has 0 saturated carbocycles. The van der Waals surface area contributed by atoms with Crippen molar-refractivity contribution >= 4 is 28.3 Å². The van der Waals surface area contributed by atoms with Crippen molar-refractivity contribution in [2.45, 2.75) is 30.7 Å². The van der Waals surface area contributed by atoms with Crippen LogP contribution in [0.25, 0.3) is 0 Å². The molecule has 0 bridgehead atoms. The molecule has 2 N–H and O–H groups in total. The van der Waals surface area contributed by atoms with E-state index in [1.807, 2.05) is 35.2 Å². The number of hydrogen-bond donors (Lipinski definition) is 1. The molecule has 3 atom stereocenters. The van der Waals surface area contributed by atoms with Crippen LogP contribution in [-0.4, -0.2) is 51.5 Å². The number of ether oxygens (including phenoxy) is 1. The van der Waals surface area contributed by atoms with Crippen molar-refractivity contribution in [3.05, 3.63) is 47.0 Å². The number of anilines is 1. The number of rotatable bonds is 2. The Labute approximate surface area is 154 Å². The van der Waals surface area contributed by atoms with Gasteiger partial charge in [0, 0.05) is 13.0 Å². The highest BCUT2D eigenvalue weighted by Crippen LogP contribution is 2.51. The summed E-state index contributed by atoms with van der Waals surface area (Å²) in [6, 6.07) is 9.58. The van der Waals surface area contributed by atoms with E-state index >= 15 is 0 Å². The van der Waals surface area contributed by atoms with Crippen LogP contribution < -0.4 is 5.73 Å². The molecule has 134 valence electrons. The molecule has 1 spiro atoms. The van der Waals surface area contributed by atoms with Crippen LogP contribution in [-0.2, 0) is 9.53 Å². The van der Waals surface area contributed by atoms with Crippen molar-refractivity contribution < 1.29 is 14.3 Å². The fourth-order valence-corrected chi connectivity index (χ4v) is 5.18. The third kappa shape index (κ3) is 2.05. The summed E-state index contributed by atoms with van der Waals surface area (Å²) in [6.07, 6.45) is 2.43. The minimum absolute atomic E-state index is 0.0441. The molecule has 2 aromatic rings. The van der Waals surface area contributed by atoms with Gasteiger partial charge >= 0.3 is 0 Å². The summed E-state index contributed by atoms with van der Waals surface area (Å²) in [4.78, 5) is 33.8. The zero-order valence-corrected chi connectivity index (χ0v) is 14.8. The number of benzene rings is 1. The van der Waals surface area contributed by atoms with E-state index in [1.165, 1.54) is 17.5 Å². The first-order valence-corrected chi connectivity index (χ1v) is 9.45. The van der Waals surface area contributed by atoms with Crippen LogP contribution in [0.3, 0.4) is 0 Å². The molecule has 4 heterocycles. The van der Waals surface area contributed by atoms with Crippen molar-refractivity contribution in [2.24, 2.45) is 0 Å². The highest BCUT2D eigenvalue weighted by atomic mass is 32.1. The molecular formula is C18H18N4O3S. The Morgan fingerprint density at radius 3 is 2.88 bits per heavy atom. The highest BCUT2D eigenvalue weighted by molar-refractivity contribution is 7.17. The summed E-state index contributed by atoms with van der Waals surface area (Å²) in [5, 5.41) is 0.368. The molecule has 3 fully saturated rings. The molecule has 8 heteroatoms. The maximum Gasteiger partial charge on any atom is 0.266 e. The standard InChI is InChI=1S/C18H18N4O3S/c19-17-20-9-13(26-17)16(24)21-7-6-18-14(21)8-15(23)22(18)12(10-25-18)11-4-2-1-3-5-11/h1-5,9,12,14H,6-8,10H2,(H2,19,20)/t12-,14+,18-/m0/s1. The first-order chi connectivity index (χ1) is 12.6. The molecule has 2 amide bonds. The smallest absolute Gasteiger partial charge is 0.266 e. The normalized spacial score (nSPS) is 29.9. The van der Waals surface area contributed by atoms with Gasteiger partial charge in [-0.05, 0) is 5.56 Å². The number of hydrogen-bond acceptors (Lipinski definition) is 6. The number of carbonyl (C=O) groups is 2. The number of likely N-dealkylation sites (tertiary alicyclic amines) is 1. The van der Waals surface area contributed by atoms with Gasteiger partial charge < -0.3 is 20.3 Å². The van der Waals surface area contributed by atoms with E-state index in [0.29, 0.717) is 36.0 Å². The Kier molecular flexibility index (Phi) is 3.35. The minimum atomic E-state index is -0.705. The van der Waals surface area contributed by atoms with E-state index in [4.69, 9.17) is 10.5 Å². The van der Waals surface area contributed by atoms with Gasteiger partial charge in [-0.25, -0.2) is 4.98 Å². The zero-order chi connectivity index (χ0) is 17.9. The number of nitrogens with zero attached hydrogens (tertiary/aromatic N) is 3. The third-order valence-corrected chi connectivity index (χ3v) is 6.45. The van der Waals surface area contributed by atoms with E-state index < -0.39 is 5.72 Å². The van der Waals surface area contributed by atoms with Gasteiger partial charge in [0.1, 0.15) is 4.88 Å². The number of aromatic nitrogens is 1. The van der Waals surface area contributed by atoms with Gasteiger partial charge in [-0.3, -0.25) is 9.59 Å². The van der Waals surface area contributed by atoms with Crippen molar-refractivity contribution in [1.29, 1.82) is 0 Å². The summed E-state index contributed by atoms with van der Waals surface area (Å²) < 4.78 is 6.22. The number of nitrogens with two attached hydrogens (primary N) is 1. The van der Waals surface area contributed by atoms with Crippen LogP contribution in [0.2, 0.25) is 0 Å². The fourth-order valence-electron chi connectivity index (χ4n) is 4.54. The van der Waals surface area contributed by atoms with Crippen LogP contribution >= 0.6 is 11.3 Å². The van der Waals surface area contributed by atoms with Gasteiger partial charge in [-0.1, -0.05) is 41.7 Å². The quantitative estimate of drug-likeness (QED) is 0.868. The largest absolute Gasteiger partial charge is 0.375 e. The molecule has 5 rings (SSSR count). The van der Waals surface area contributed by atoms with Gasteiger partial charge in [-0.2, -0.15) is 0 Å². The van der Waals surface area contributed by atoms with Crippen molar-refractivity contribution in [2.75, 3.05) is 18.9 Å². The Morgan fingerprint density at radius 2 is 2.15 bits per heavy atom. The first-order valence-electron chi connectivity index (χ1n) is 8.63. The van der Waals surface area contributed by atoms with Crippen molar-refractivity contribution in [3.8, 4) is 0 Å². The zero-order valence-electron chi connectivity index (χ0n) is 14.0. The summed E-state index contributed by atoms with van der Waals surface area (Å²) in [6.45, 7) is 1.02. The van der Waals surface area contributed by atoms with Crippen LogP contribution in [0.1, 0.15) is 34.1 Å². The van der Waals surface area contributed by atoms with E-state index in [1.54, 1.807) is 4.90 Å². The van der Waals surface area contributed by atoms with Crippen molar-refractivity contribution in [3.63, 3.8) is 0 Å². The van der Waals surface area contributed by atoms with Gasteiger partial charge in [0.15, 0.2) is 10.9 Å². The first kappa shape index (κ1) is 15.8.